The fourth-order valence-corrected chi connectivity index (χ4v) is 2.23. The van der Waals surface area contributed by atoms with Gasteiger partial charge in [0.25, 0.3) is 0 Å². The zero-order valence-corrected chi connectivity index (χ0v) is 11.6. The largest absolute Gasteiger partial charge is 0.486 e. The second-order valence-electron chi connectivity index (χ2n) is 4.52. The summed E-state index contributed by atoms with van der Waals surface area (Å²) in [6.45, 7) is 6.78. The molecule has 2 N–H and O–H groups in total. The molecular formula is C13H17N3OS. The van der Waals surface area contributed by atoms with E-state index in [4.69, 9.17) is 10.5 Å². The van der Waals surface area contributed by atoms with Crippen molar-refractivity contribution in [3.8, 4) is 5.75 Å². The molecule has 96 valence electrons. The Morgan fingerprint density at radius 3 is 2.72 bits per heavy atom. The molecule has 0 unspecified atom stereocenters. The van der Waals surface area contributed by atoms with Gasteiger partial charge < -0.3 is 10.5 Å². The van der Waals surface area contributed by atoms with E-state index in [9.17, 15) is 0 Å². The van der Waals surface area contributed by atoms with Crippen molar-refractivity contribution in [1.29, 1.82) is 0 Å². The Balaban J connectivity index is 2.15. The topological polar surface area (TPSA) is 61.0 Å². The fourth-order valence-electron chi connectivity index (χ4n) is 1.71. The number of rotatable bonds is 4. The van der Waals surface area contributed by atoms with Crippen LogP contribution in [-0.2, 0) is 6.61 Å². The highest BCUT2D eigenvalue weighted by molar-refractivity contribution is 7.15. The molecule has 18 heavy (non-hydrogen) atoms. The SMILES string of the molecule is Cc1ccc(C(C)C)c(OCc2nnc(N)s2)c1. The second-order valence-corrected chi connectivity index (χ2v) is 5.61. The Morgan fingerprint density at radius 2 is 2.11 bits per heavy atom. The molecule has 0 radical (unpaired) electrons. The number of anilines is 1. The van der Waals surface area contributed by atoms with Crippen LogP contribution in [0.1, 0.15) is 35.9 Å². The van der Waals surface area contributed by atoms with Crippen LogP contribution < -0.4 is 10.5 Å². The predicted molar refractivity (Wildman–Crippen MR) is 73.9 cm³/mol. The Kier molecular flexibility index (Phi) is 3.81. The van der Waals surface area contributed by atoms with E-state index >= 15 is 0 Å². The molecule has 0 atom stereocenters. The maximum Gasteiger partial charge on any atom is 0.203 e. The van der Waals surface area contributed by atoms with Crippen molar-refractivity contribution in [2.24, 2.45) is 0 Å². The summed E-state index contributed by atoms with van der Waals surface area (Å²) in [4.78, 5) is 0. The predicted octanol–water partition coefficient (Wildman–Crippen LogP) is 3.13. The normalized spacial score (nSPS) is 10.9. The first-order valence-corrected chi connectivity index (χ1v) is 6.69. The lowest BCUT2D eigenvalue weighted by Crippen LogP contribution is -2.00. The van der Waals surface area contributed by atoms with Crippen LogP contribution >= 0.6 is 11.3 Å². The molecule has 2 aromatic rings. The van der Waals surface area contributed by atoms with Crippen LogP contribution in [0.15, 0.2) is 18.2 Å². The van der Waals surface area contributed by atoms with Gasteiger partial charge in [-0.25, -0.2) is 0 Å². The number of hydrogen-bond acceptors (Lipinski definition) is 5. The fraction of sp³-hybridized carbons (Fsp3) is 0.385. The molecule has 1 heterocycles. The van der Waals surface area contributed by atoms with Crippen LogP contribution in [0.5, 0.6) is 5.75 Å². The number of hydrogen-bond donors (Lipinski definition) is 1. The van der Waals surface area contributed by atoms with E-state index in [0.29, 0.717) is 17.7 Å². The van der Waals surface area contributed by atoms with Crippen molar-refractivity contribution in [2.45, 2.75) is 33.3 Å². The Labute approximate surface area is 111 Å². The summed E-state index contributed by atoms with van der Waals surface area (Å²) in [6, 6.07) is 6.27. The first-order chi connectivity index (χ1) is 8.56. The van der Waals surface area contributed by atoms with Crippen molar-refractivity contribution in [3.05, 3.63) is 34.3 Å². The van der Waals surface area contributed by atoms with E-state index in [1.54, 1.807) is 0 Å². The molecule has 0 saturated heterocycles. The van der Waals surface area contributed by atoms with E-state index in [-0.39, 0.29) is 0 Å². The van der Waals surface area contributed by atoms with E-state index < -0.39 is 0 Å². The lowest BCUT2D eigenvalue weighted by molar-refractivity contribution is 0.300. The first kappa shape index (κ1) is 12.8. The van der Waals surface area contributed by atoms with Gasteiger partial charge in [0.1, 0.15) is 12.4 Å². The molecule has 0 aliphatic rings. The van der Waals surface area contributed by atoms with Crippen LogP contribution in [0.2, 0.25) is 0 Å². The number of nitrogen functional groups attached to an aromatic ring is 1. The Bertz CT molecular complexity index is 537. The minimum atomic E-state index is 0.415. The number of nitrogens with zero attached hydrogens (tertiary/aromatic N) is 2. The van der Waals surface area contributed by atoms with Gasteiger partial charge in [0.05, 0.1) is 0 Å². The summed E-state index contributed by atoms with van der Waals surface area (Å²) in [5.74, 6) is 1.35. The van der Waals surface area contributed by atoms with E-state index in [2.05, 4.69) is 49.2 Å². The van der Waals surface area contributed by atoms with Gasteiger partial charge in [-0.2, -0.15) is 0 Å². The summed E-state index contributed by atoms with van der Waals surface area (Å²) in [5, 5.41) is 8.99. The second kappa shape index (κ2) is 5.35. The van der Waals surface area contributed by atoms with E-state index in [1.807, 2.05) is 0 Å². The molecule has 0 spiro atoms. The lowest BCUT2D eigenvalue weighted by Gasteiger charge is -2.13. The number of nitrogens with two attached hydrogens (primary N) is 1. The van der Waals surface area contributed by atoms with Gasteiger partial charge >= 0.3 is 0 Å². The minimum absolute atomic E-state index is 0.415. The summed E-state index contributed by atoms with van der Waals surface area (Å²) in [5.41, 5.74) is 7.93. The molecule has 1 aromatic heterocycles. The molecule has 4 nitrogen and oxygen atoms in total. The highest BCUT2D eigenvalue weighted by Gasteiger charge is 2.09. The molecular weight excluding hydrogens is 246 g/mol. The maximum atomic E-state index is 5.83. The van der Waals surface area contributed by atoms with Crippen molar-refractivity contribution < 1.29 is 4.74 Å². The molecule has 0 amide bonds. The molecule has 0 fully saturated rings. The zero-order chi connectivity index (χ0) is 13.1. The summed E-state index contributed by atoms with van der Waals surface area (Å²) < 4.78 is 5.83. The number of aryl methyl sites for hydroxylation is 1. The molecule has 0 aliphatic heterocycles. The summed E-state index contributed by atoms with van der Waals surface area (Å²) in [6.07, 6.45) is 0. The molecule has 1 aromatic carbocycles. The number of ether oxygens (including phenoxy) is 1. The molecule has 0 saturated carbocycles. The third-order valence-electron chi connectivity index (χ3n) is 2.62. The van der Waals surface area contributed by atoms with Crippen molar-refractivity contribution in [2.75, 3.05) is 5.73 Å². The minimum Gasteiger partial charge on any atom is -0.486 e. The van der Waals surface area contributed by atoms with Gasteiger partial charge in [0.15, 0.2) is 5.01 Å². The van der Waals surface area contributed by atoms with Crippen LogP contribution in [0.3, 0.4) is 0 Å². The Morgan fingerprint density at radius 1 is 1.33 bits per heavy atom. The third-order valence-corrected chi connectivity index (χ3v) is 3.35. The van der Waals surface area contributed by atoms with Gasteiger partial charge in [0, 0.05) is 0 Å². The van der Waals surface area contributed by atoms with Crippen LogP contribution in [0.4, 0.5) is 5.13 Å². The van der Waals surface area contributed by atoms with Gasteiger partial charge in [-0.15, -0.1) is 10.2 Å². The average molecular weight is 263 g/mol. The van der Waals surface area contributed by atoms with Crippen LogP contribution in [0.25, 0.3) is 0 Å². The summed E-state index contributed by atoms with van der Waals surface area (Å²) in [7, 11) is 0. The molecule has 5 heteroatoms. The average Bonchev–Trinajstić information content (AvgIpc) is 2.72. The van der Waals surface area contributed by atoms with Crippen molar-refractivity contribution in [3.63, 3.8) is 0 Å². The molecule has 2 rings (SSSR count). The van der Waals surface area contributed by atoms with Crippen LogP contribution in [-0.4, -0.2) is 10.2 Å². The third kappa shape index (κ3) is 2.98. The highest BCUT2D eigenvalue weighted by atomic mass is 32.1. The first-order valence-electron chi connectivity index (χ1n) is 5.87. The van der Waals surface area contributed by atoms with Crippen molar-refractivity contribution in [1.82, 2.24) is 10.2 Å². The monoisotopic (exact) mass is 263 g/mol. The Hall–Kier alpha value is -1.62. The standard InChI is InChI=1S/C13H17N3OS/c1-8(2)10-5-4-9(3)6-11(10)17-7-12-15-16-13(14)18-12/h4-6,8H,7H2,1-3H3,(H2,14,16). The lowest BCUT2D eigenvalue weighted by atomic mass is 10.0. The van der Waals surface area contributed by atoms with Crippen LogP contribution in [0, 0.1) is 6.92 Å². The van der Waals surface area contributed by atoms with Gasteiger partial charge in [-0.1, -0.05) is 37.3 Å². The molecule has 0 bridgehead atoms. The van der Waals surface area contributed by atoms with Gasteiger partial charge in [-0.3, -0.25) is 0 Å². The van der Waals surface area contributed by atoms with E-state index in [0.717, 1.165) is 10.8 Å². The summed E-state index contributed by atoms with van der Waals surface area (Å²) >= 11 is 1.36. The van der Waals surface area contributed by atoms with Gasteiger partial charge in [-0.05, 0) is 30.0 Å². The highest BCUT2D eigenvalue weighted by Crippen LogP contribution is 2.28. The van der Waals surface area contributed by atoms with Crippen molar-refractivity contribution >= 4 is 16.5 Å². The maximum absolute atomic E-state index is 5.83. The number of benzene rings is 1. The number of aromatic nitrogens is 2. The molecule has 0 aliphatic carbocycles. The van der Waals surface area contributed by atoms with E-state index in [1.165, 1.54) is 22.5 Å². The zero-order valence-electron chi connectivity index (χ0n) is 10.8. The quantitative estimate of drug-likeness (QED) is 0.920. The smallest absolute Gasteiger partial charge is 0.203 e. The van der Waals surface area contributed by atoms with Gasteiger partial charge in [0.2, 0.25) is 5.13 Å².